The fraction of sp³-hybridized carbons (Fsp3) is 0.0909. The number of nitrogens with one attached hydrogen (secondary N) is 3. The van der Waals surface area contributed by atoms with Crippen LogP contribution in [0.5, 0.6) is 0 Å². The van der Waals surface area contributed by atoms with E-state index in [-0.39, 0.29) is 12.2 Å². The van der Waals surface area contributed by atoms with E-state index in [1.807, 2.05) is 18.2 Å². The molecule has 1 aromatic heterocycles. The SMILES string of the molecule is Clc1ccc2c(c1)[C@H](c1ccccc1)N[C@@H](c1c[nH]c3ccccc13)N2. The lowest BCUT2D eigenvalue weighted by atomic mass is 9.93. The Morgan fingerprint density at radius 2 is 1.62 bits per heavy atom. The van der Waals surface area contributed by atoms with Gasteiger partial charge in [-0.1, -0.05) is 60.1 Å². The second kappa shape index (κ2) is 6.20. The fourth-order valence-electron chi connectivity index (χ4n) is 3.78. The summed E-state index contributed by atoms with van der Waals surface area (Å²) in [6.07, 6.45) is 2.09. The first-order valence-corrected chi connectivity index (χ1v) is 9.10. The van der Waals surface area contributed by atoms with Gasteiger partial charge in [0.05, 0.1) is 6.04 Å². The van der Waals surface area contributed by atoms with E-state index < -0.39 is 0 Å². The predicted molar refractivity (Wildman–Crippen MR) is 108 cm³/mol. The lowest BCUT2D eigenvalue weighted by Gasteiger charge is -2.35. The summed E-state index contributed by atoms with van der Waals surface area (Å²) in [5.74, 6) is 0. The van der Waals surface area contributed by atoms with E-state index >= 15 is 0 Å². The Bertz CT molecular complexity index is 1070. The fourth-order valence-corrected chi connectivity index (χ4v) is 3.96. The molecular weight excluding hydrogens is 342 g/mol. The van der Waals surface area contributed by atoms with Gasteiger partial charge in [0, 0.05) is 33.4 Å². The first-order valence-electron chi connectivity index (χ1n) is 8.72. The molecule has 0 radical (unpaired) electrons. The Morgan fingerprint density at radius 1 is 0.808 bits per heavy atom. The van der Waals surface area contributed by atoms with Crippen molar-refractivity contribution in [3.05, 3.63) is 101 Å². The molecule has 3 N–H and O–H groups in total. The number of para-hydroxylation sites is 1. The van der Waals surface area contributed by atoms with Crippen molar-refractivity contribution in [2.24, 2.45) is 0 Å². The van der Waals surface area contributed by atoms with E-state index in [0.717, 1.165) is 16.2 Å². The van der Waals surface area contributed by atoms with Crippen LogP contribution in [0.15, 0.2) is 79.0 Å². The van der Waals surface area contributed by atoms with Crippen LogP contribution < -0.4 is 10.6 Å². The molecule has 0 spiro atoms. The van der Waals surface area contributed by atoms with Crippen LogP contribution in [0, 0.1) is 0 Å². The molecule has 0 bridgehead atoms. The molecule has 3 aromatic carbocycles. The summed E-state index contributed by atoms with van der Waals surface area (Å²) in [6, 6.07) is 25.0. The zero-order valence-electron chi connectivity index (χ0n) is 14.0. The zero-order valence-corrected chi connectivity index (χ0v) is 14.8. The average Bonchev–Trinajstić information content (AvgIpc) is 3.12. The molecule has 0 unspecified atom stereocenters. The summed E-state index contributed by atoms with van der Waals surface area (Å²) in [5.41, 5.74) is 5.85. The first-order chi connectivity index (χ1) is 12.8. The van der Waals surface area contributed by atoms with Crippen molar-refractivity contribution < 1.29 is 0 Å². The minimum absolute atomic E-state index is 0.00466. The molecule has 26 heavy (non-hydrogen) atoms. The molecule has 1 aliphatic heterocycles. The van der Waals surface area contributed by atoms with Crippen molar-refractivity contribution in [3.8, 4) is 0 Å². The van der Waals surface area contributed by atoms with Crippen LogP contribution in [0.25, 0.3) is 10.9 Å². The number of hydrogen-bond acceptors (Lipinski definition) is 2. The summed E-state index contributed by atoms with van der Waals surface area (Å²) in [5, 5.41) is 9.36. The Balaban J connectivity index is 1.63. The van der Waals surface area contributed by atoms with Crippen molar-refractivity contribution in [3.63, 3.8) is 0 Å². The van der Waals surface area contributed by atoms with Crippen LogP contribution in [-0.2, 0) is 0 Å². The molecule has 3 nitrogen and oxygen atoms in total. The normalized spacial score (nSPS) is 19.1. The molecule has 0 fully saturated rings. The van der Waals surface area contributed by atoms with E-state index in [1.165, 1.54) is 22.1 Å². The Kier molecular flexibility index (Phi) is 3.70. The highest BCUT2D eigenvalue weighted by atomic mass is 35.5. The van der Waals surface area contributed by atoms with Crippen LogP contribution >= 0.6 is 11.6 Å². The molecule has 4 aromatic rings. The number of H-pyrrole nitrogens is 1. The lowest BCUT2D eigenvalue weighted by Crippen LogP contribution is -2.37. The maximum absolute atomic E-state index is 6.28. The molecule has 1 aliphatic rings. The second-order valence-corrected chi connectivity index (χ2v) is 7.05. The number of fused-ring (bicyclic) bond motifs is 2. The molecule has 5 rings (SSSR count). The highest BCUT2D eigenvalue weighted by Gasteiger charge is 2.29. The van der Waals surface area contributed by atoms with Gasteiger partial charge in [0.25, 0.3) is 0 Å². The standard InChI is InChI=1S/C22H18ClN3/c23-15-10-11-20-17(12-15)21(14-6-2-1-3-7-14)26-22(25-20)18-13-24-19-9-5-4-8-16(18)19/h1-13,21-22,24-26H/t21-,22-/m0/s1. The number of halogens is 1. The average molecular weight is 360 g/mol. The summed E-state index contributed by atoms with van der Waals surface area (Å²) >= 11 is 6.28. The third kappa shape index (κ3) is 2.57. The molecule has 0 saturated carbocycles. The lowest BCUT2D eigenvalue weighted by molar-refractivity contribution is 0.508. The number of aromatic amines is 1. The highest BCUT2D eigenvalue weighted by molar-refractivity contribution is 6.30. The number of anilines is 1. The van der Waals surface area contributed by atoms with Gasteiger partial charge in [-0.25, -0.2) is 0 Å². The van der Waals surface area contributed by atoms with Crippen LogP contribution in [0.2, 0.25) is 5.02 Å². The van der Waals surface area contributed by atoms with Crippen LogP contribution in [0.3, 0.4) is 0 Å². The number of aromatic nitrogens is 1. The molecule has 4 heteroatoms. The van der Waals surface area contributed by atoms with Crippen molar-refractivity contribution in [2.45, 2.75) is 12.2 Å². The highest BCUT2D eigenvalue weighted by Crippen LogP contribution is 2.39. The van der Waals surface area contributed by atoms with E-state index in [4.69, 9.17) is 11.6 Å². The van der Waals surface area contributed by atoms with E-state index in [1.54, 1.807) is 0 Å². The number of hydrogen-bond donors (Lipinski definition) is 3. The maximum Gasteiger partial charge on any atom is 0.106 e. The van der Waals surface area contributed by atoms with E-state index in [0.29, 0.717) is 0 Å². The van der Waals surface area contributed by atoms with Crippen molar-refractivity contribution in [2.75, 3.05) is 5.32 Å². The largest absolute Gasteiger partial charge is 0.366 e. The zero-order chi connectivity index (χ0) is 17.5. The minimum Gasteiger partial charge on any atom is -0.366 e. The molecule has 2 heterocycles. The first kappa shape index (κ1) is 15.5. The van der Waals surface area contributed by atoms with Crippen molar-refractivity contribution in [1.82, 2.24) is 10.3 Å². The number of benzene rings is 3. The summed E-state index contributed by atoms with van der Waals surface area (Å²) in [7, 11) is 0. The molecule has 0 aliphatic carbocycles. The summed E-state index contributed by atoms with van der Waals surface area (Å²) in [4.78, 5) is 3.37. The monoisotopic (exact) mass is 359 g/mol. The van der Waals surface area contributed by atoms with Gasteiger partial charge in [-0.3, -0.25) is 5.32 Å². The van der Waals surface area contributed by atoms with Gasteiger partial charge in [-0.15, -0.1) is 0 Å². The molecule has 128 valence electrons. The Morgan fingerprint density at radius 3 is 2.50 bits per heavy atom. The van der Waals surface area contributed by atoms with E-state index in [2.05, 4.69) is 76.4 Å². The quantitative estimate of drug-likeness (QED) is 0.434. The van der Waals surface area contributed by atoms with Crippen LogP contribution in [0.1, 0.15) is 28.9 Å². The van der Waals surface area contributed by atoms with Gasteiger partial charge in [-0.2, -0.15) is 0 Å². The molecule has 0 amide bonds. The molecule has 0 saturated heterocycles. The van der Waals surface area contributed by atoms with Crippen LogP contribution in [-0.4, -0.2) is 4.98 Å². The summed E-state index contributed by atoms with van der Waals surface area (Å²) < 4.78 is 0. The van der Waals surface area contributed by atoms with Crippen molar-refractivity contribution in [1.29, 1.82) is 0 Å². The summed E-state index contributed by atoms with van der Waals surface area (Å²) in [6.45, 7) is 0. The van der Waals surface area contributed by atoms with Gasteiger partial charge in [0.1, 0.15) is 6.17 Å². The van der Waals surface area contributed by atoms with Gasteiger partial charge in [-0.05, 0) is 35.4 Å². The molecule has 2 atom stereocenters. The topological polar surface area (TPSA) is 39.9 Å². The second-order valence-electron chi connectivity index (χ2n) is 6.61. The Labute approximate surface area is 157 Å². The Hall–Kier alpha value is -2.75. The van der Waals surface area contributed by atoms with Gasteiger partial charge < -0.3 is 10.3 Å². The minimum atomic E-state index is 0.00466. The van der Waals surface area contributed by atoms with Crippen molar-refractivity contribution >= 4 is 28.2 Å². The van der Waals surface area contributed by atoms with Crippen LogP contribution in [0.4, 0.5) is 5.69 Å². The number of rotatable bonds is 2. The van der Waals surface area contributed by atoms with E-state index in [9.17, 15) is 0 Å². The maximum atomic E-state index is 6.28. The third-order valence-corrected chi connectivity index (χ3v) is 5.26. The van der Waals surface area contributed by atoms with Gasteiger partial charge >= 0.3 is 0 Å². The smallest absolute Gasteiger partial charge is 0.106 e. The third-order valence-electron chi connectivity index (χ3n) is 5.02. The molecular formula is C22H18ClN3. The van der Waals surface area contributed by atoms with Gasteiger partial charge in [0.15, 0.2) is 0 Å². The van der Waals surface area contributed by atoms with Gasteiger partial charge in [0.2, 0.25) is 0 Å². The predicted octanol–water partition coefficient (Wildman–Crippen LogP) is 5.62.